The van der Waals surface area contributed by atoms with Gasteiger partial charge in [0, 0.05) is 24.0 Å². The maximum Gasteiger partial charge on any atom is 0.251 e. The number of hydrogen-bond donors (Lipinski definition) is 1. The van der Waals surface area contributed by atoms with E-state index in [0.717, 1.165) is 17.5 Å². The first-order valence-electron chi connectivity index (χ1n) is 4.01. The summed E-state index contributed by atoms with van der Waals surface area (Å²) in [6.07, 6.45) is 4.30. The van der Waals surface area contributed by atoms with Gasteiger partial charge >= 0.3 is 0 Å². The lowest BCUT2D eigenvalue weighted by atomic mass is 9.98. The summed E-state index contributed by atoms with van der Waals surface area (Å²) in [4.78, 5) is 15.3. The van der Waals surface area contributed by atoms with Crippen LogP contribution >= 0.6 is 0 Å². The SMILES string of the molecule is CC1Cc2cnccc2C(=O)N1. The zero-order valence-corrected chi connectivity index (χ0v) is 6.87. The molecule has 3 nitrogen and oxygen atoms in total. The minimum absolute atomic E-state index is 0.0196. The largest absolute Gasteiger partial charge is 0.349 e. The van der Waals surface area contributed by atoms with Crippen molar-refractivity contribution in [1.29, 1.82) is 0 Å². The van der Waals surface area contributed by atoms with Crippen LogP contribution in [-0.4, -0.2) is 16.9 Å². The maximum atomic E-state index is 11.4. The number of nitrogens with zero attached hydrogens (tertiary/aromatic N) is 1. The van der Waals surface area contributed by atoms with Crippen LogP contribution in [0.4, 0.5) is 0 Å². The van der Waals surface area contributed by atoms with Crippen molar-refractivity contribution in [2.45, 2.75) is 19.4 Å². The van der Waals surface area contributed by atoms with Gasteiger partial charge in [-0.2, -0.15) is 0 Å². The molecule has 1 aliphatic heterocycles. The molecule has 62 valence electrons. The Morgan fingerprint density at radius 2 is 2.50 bits per heavy atom. The molecule has 0 aliphatic carbocycles. The molecule has 1 unspecified atom stereocenters. The van der Waals surface area contributed by atoms with Gasteiger partial charge in [0.1, 0.15) is 0 Å². The van der Waals surface area contributed by atoms with E-state index < -0.39 is 0 Å². The van der Waals surface area contributed by atoms with E-state index in [4.69, 9.17) is 0 Å². The molecular weight excluding hydrogens is 152 g/mol. The molecule has 0 saturated heterocycles. The first-order chi connectivity index (χ1) is 5.77. The molecule has 0 aromatic carbocycles. The molecule has 1 atom stereocenters. The lowest BCUT2D eigenvalue weighted by Gasteiger charge is -2.21. The topological polar surface area (TPSA) is 42.0 Å². The zero-order chi connectivity index (χ0) is 8.55. The summed E-state index contributed by atoms with van der Waals surface area (Å²) >= 11 is 0. The second-order valence-corrected chi connectivity index (χ2v) is 3.11. The van der Waals surface area contributed by atoms with Crippen LogP contribution in [0.1, 0.15) is 22.8 Å². The maximum absolute atomic E-state index is 11.4. The average molecular weight is 162 g/mol. The Balaban J connectivity index is 2.47. The van der Waals surface area contributed by atoms with Gasteiger partial charge in [-0.15, -0.1) is 0 Å². The van der Waals surface area contributed by atoms with E-state index in [1.807, 2.05) is 6.92 Å². The van der Waals surface area contributed by atoms with Crippen molar-refractivity contribution >= 4 is 5.91 Å². The molecule has 3 heteroatoms. The van der Waals surface area contributed by atoms with Gasteiger partial charge in [0.2, 0.25) is 0 Å². The first kappa shape index (κ1) is 7.28. The van der Waals surface area contributed by atoms with E-state index in [1.165, 1.54) is 0 Å². The summed E-state index contributed by atoms with van der Waals surface area (Å²) in [6.45, 7) is 1.99. The molecule has 0 saturated carbocycles. The summed E-state index contributed by atoms with van der Waals surface area (Å²) in [5.74, 6) is 0.0196. The number of rotatable bonds is 0. The number of carbonyl (C=O) groups is 1. The molecule has 0 fully saturated rings. The van der Waals surface area contributed by atoms with Gasteiger partial charge in [-0.25, -0.2) is 0 Å². The second kappa shape index (κ2) is 2.59. The summed E-state index contributed by atoms with van der Waals surface area (Å²) in [6, 6.07) is 1.99. The average Bonchev–Trinajstić information content (AvgIpc) is 2.04. The minimum atomic E-state index is 0.0196. The van der Waals surface area contributed by atoms with Gasteiger partial charge < -0.3 is 5.32 Å². The van der Waals surface area contributed by atoms with Crippen molar-refractivity contribution in [3.8, 4) is 0 Å². The molecule has 1 aromatic heterocycles. The van der Waals surface area contributed by atoms with E-state index >= 15 is 0 Å². The Morgan fingerprint density at radius 3 is 3.33 bits per heavy atom. The van der Waals surface area contributed by atoms with Crippen molar-refractivity contribution in [2.24, 2.45) is 0 Å². The van der Waals surface area contributed by atoms with E-state index in [-0.39, 0.29) is 11.9 Å². The predicted octanol–water partition coefficient (Wildman–Crippen LogP) is 0.756. The molecule has 0 spiro atoms. The van der Waals surface area contributed by atoms with Crippen LogP contribution in [-0.2, 0) is 6.42 Å². The quantitative estimate of drug-likeness (QED) is 0.611. The third kappa shape index (κ3) is 1.07. The van der Waals surface area contributed by atoms with Crippen molar-refractivity contribution in [3.05, 3.63) is 29.6 Å². The van der Waals surface area contributed by atoms with Crippen molar-refractivity contribution in [3.63, 3.8) is 0 Å². The first-order valence-corrected chi connectivity index (χ1v) is 4.01. The Bertz CT molecular complexity index is 322. The Hall–Kier alpha value is -1.38. The van der Waals surface area contributed by atoms with Gasteiger partial charge in [-0.05, 0) is 25.0 Å². The van der Waals surface area contributed by atoms with Crippen molar-refractivity contribution < 1.29 is 4.79 Å². The fourth-order valence-electron chi connectivity index (χ4n) is 1.49. The number of nitrogens with one attached hydrogen (secondary N) is 1. The smallest absolute Gasteiger partial charge is 0.251 e. The number of amides is 1. The summed E-state index contributed by atoms with van der Waals surface area (Å²) in [5, 5.41) is 2.87. The molecule has 1 aromatic rings. The van der Waals surface area contributed by atoms with Gasteiger partial charge in [0.15, 0.2) is 0 Å². The van der Waals surface area contributed by atoms with Crippen LogP contribution in [0.25, 0.3) is 0 Å². The van der Waals surface area contributed by atoms with Gasteiger partial charge in [-0.1, -0.05) is 0 Å². The molecule has 1 aliphatic rings. The number of aromatic nitrogens is 1. The van der Waals surface area contributed by atoms with E-state index in [0.29, 0.717) is 0 Å². The monoisotopic (exact) mass is 162 g/mol. The standard InChI is InChI=1S/C9H10N2O/c1-6-4-7-5-10-3-2-8(7)9(12)11-6/h2-3,5-6H,4H2,1H3,(H,11,12). The van der Waals surface area contributed by atoms with E-state index in [2.05, 4.69) is 10.3 Å². The molecule has 12 heavy (non-hydrogen) atoms. The number of hydrogen-bond acceptors (Lipinski definition) is 2. The minimum Gasteiger partial charge on any atom is -0.349 e. The van der Waals surface area contributed by atoms with E-state index in [9.17, 15) is 4.79 Å². The predicted molar refractivity (Wildman–Crippen MR) is 44.9 cm³/mol. The molecular formula is C9H10N2O. The van der Waals surface area contributed by atoms with Crippen molar-refractivity contribution in [2.75, 3.05) is 0 Å². The second-order valence-electron chi connectivity index (χ2n) is 3.11. The summed E-state index contributed by atoms with van der Waals surface area (Å²) in [5.41, 5.74) is 1.82. The van der Waals surface area contributed by atoms with Crippen LogP contribution in [0.3, 0.4) is 0 Å². The van der Waals surface area contributed by atoms with Crippen LogP contribution in [0, 0.1) is 0 Å². The highest BCUT2D eigenvalue weighted by molar-refractivity contribution is 5.96. The molecule has 2 rings (SSSR count). The normalized spacial score (nSPS) is 21.4. The molecule has 1 amide bonds. The van der Waals surface area contributed by atoms with Crippen molar-refractivity contribution in [1.82, 2.24) is 10.3 Å². The lowest BCUT2D eigenvalue weighted by molar-refractivity contribution is 0.0929. The molecule has 2 heterocycles. The highest BCUT2D eigenvalue weighted by atomic mass is 16.1. The third-order valence-electron chi connectivity index (χ3n) is 2.05. The highest BCUT2D eigenvalue weighted by Gasteiger charge is 2.20. The Labute approximate surface area is 70.8 Å². The van der Waals surface area contributed by atoms with Crippen LogP contribution in [0.5, 0.6) is 0 Å². The van der Waals surface area contributed by atoms with Gasteiger partial charge in [0.25, 0.3) is 5.91 Å². The fourth-order valence-corrected chi connectivity index (χ4v) is 1.49. The number of pyridine rings is 1. The van der Waals surface area contributed by atoms with Crippen LogP contribution < -0.4 is 5.32 Å². The summed E-state index contributed by atoms with van der Waals surface area (Å²) in [7, 11) is 0. The Kier molecular flexibility index (Phi) is 1.57. The number of carbonyl (C=O) groups excluding carboxylic acids is 1. The summed E-state index contributed by atoms with van der Waals surface area (Å²) < 4.78 is 0. The van der Waals surface area contributed by atoms with E-state index in [1.54, 1.807) is 18.5 Å². The Morgan fingerprint density at radius 1 is 1.67 bits per heavy atom. The molecule has 0 radical (unpaired) electrons. The number of fused-ring (bicyclic) bond motifs is 1. The zero-order valence-electron chi connectivity index (χ0n) is 6.87. The van der Waals surface area contributed by atoms with Gasteiger partial charge in [0.05, 0.1) is 0 Å². The highest BCUT2D eigenvalue weighted by Crippen LogP contribution is 2.14. The lowest BCUT2D eigenvalue weighted by Crippen LogP contribution is -2.39. The third-order valence-corrected chi connectivity index (χ3v) is 2.05. The fraction of sp³-hybridized carbons (Fsp3) is 0.333. The van der Waals surface area contributed by atoms with Gasteiger partial charge in [-0.3, -0.25) is 9.78 Å². The molecule has 0 bridgehead atoms. The van der Waals surface area contributed by atoms with Crippen LogP contribution in [0.15, 0.2) is 18.5 Å². The van der Waals surface area contributed by atoms with Crippen LogP contribution in [0.2, 0.25) is 0 Å². The molecule has 1 N–H and O–H groups in total.